The van der Waals surface area contributed by atoms with E-state index >= 15 is 0 Å². The van der Waals surface area contributed by atoms with Crippen LogP contribution in [0.5, 0.6) is 0 Å². The predicted octanol–water partition coefficient (Wildman–Crippen LogP) is 0.673. The number of guanidine groups is 2. The van der Waals surface area contributed by atoms with Gasteiger partial charge in [-0.25, -0.2) is 14.8 Å². The first-order chi connectivity index (χ1) is 20.9. The van der Waals surface area contributed by atoms with E-state index in [0.29, 0.717) is 19.5 Å². The van der Waals surface area contributed by atoms with E-state index in [2.05, 4.69) is 47.0 Å². The van der Waals surface area contributed by atoms with Crippen molar-refractivity contribution in [3.8, 4) is 0 Å². The fourth-order valence-electron chi connectivity index (χ4n) is 6.46. The van der Waals surface area contributed by atoms with Crippen LogP contribution in [0.3, 0.4) is 0 Å². The van der Waals surface area contributed by atoms with Crippen molar-refractivity contribution in [1.82, 2.24) is 20.9 Å². The molecule has 3 atom stereocenters. The Morgan fingerprint density at radius 1 is 0.977 bits per heavy atom. The summed E-state index contributed by atoms with van der Waals surface area (Å²) in [6.45, 7) is 5.90. The topological polar surface area (TPSA) is 200 Å². The third kappa shape index (κ3) is 9.58. The molecule has 9 N–H and O–H groups in total. The molecule has 0 unspecified atom stereocenters. The van der Waals surface area contributed by atoms with Gasteiger partial charge in [0, 0.05) is 32.5 Å². The number of ether oxygens (including phenoxy) is 1. The van der Waals surface area contributed by atoms with Crippen LogP contribution >= 0.6 is 0 Å². The Labute approximate surface area is 262 Å². The van der Waals surface area contributed by atoms with Crippen molar-refractivity contribution >= 4 is 23.9 Å². The highest BCUT2D eigenvalue weighted by atomic mass is 16.5. The van der Waals surface area contributed by atoms with Crippen molar-refractivity contribution in [1.29, 1.82) is 0 Å². The minimum Gasteiger partial charge on any atom is -0.447 e. The van der Waals surface area contributed by atoms with Gasteiger partial charge in [0.2, 0.25) is 11.7 Å². The molecule has 3 aliphatic rings. The fraction of sp³-hybridized carbons (Fsp3) is 0.867. The second kappa shape index (κ2) is 16.5. The number of carbonyl (C=O) groups is 2. The summed E-state index contributed by atoms with van der Waals surface area (Å²) in [5, 5.41) is 30.0. The molecule has 0 radical (unpaired) electrons. The van der Waals surface area contributed by atoms with Gasteiger partial charge in [0.15, 0.2) is 17.6 Å². The molecule has 0 aromatic carbocycles. The highest BCUT2D eigenvalue weighted by Crippen LogP contribution is 2.44. The van der Waals surface area contributed by atoms with Crippen LogP contribution in [0.4, 0.5) is 4.79 Å². The quantitative estimate of drug-likeness (QED) is 0.0578. The van der Waals surface area contributed by atoms with Crippen molar-refractivity contribution < 1.29 is 29.0 Å². The molecular formula is C30H58N9O5+. The zero-order chi connectivity index (χ0) is 32.2. The van der Waals surface area contributed by atoms with Crippen LogP contribution < -0.4 is 27.4 Å². The second-order valence-electron chi connectivity index (χ2n) is 13.2. The van der Waals surface area contributed by atoms with Crippen LogP contribution in [-0.4, -0.2) is 120 Å². The Kier molecular flexibility index (Phi) is 13.3. The number of rotatable bonds is 20. The molecule has 0 bridgehead atoms. The monoisotopic (exact) mass is 624 g/mol. The van der Waals surface area contributed by atoms with Crippen LogP contribution in [-0.2, 0) is 9.53 Å². The average Bonchev–Trinajstić information content (AvgIpc) is 3.46. The van der Waals surface area contributed by atoms with Gasteiger partial charge in [0.05, 0.1) is 27.2 Å². The van der Waals surface area contributed by atoms with Gasteiger partial charge in [-0.1, -0.05) is 32.6 Å². The van der Waals surface area contributed by atoms with Gasteiger partial charge in [-0.2, -0.15) is 0 Å². The third-order valence-corrected chi connectivity index (χ3v) is 9.05. The molecule has 3 heterocycles. The minimum absolute atomic E-state index is 0.0353. The molecule has 14 nitrogen and oxygen atoms in total. The largest absolute Gasteiger partial charge is 0.447 e. The molecule has 44 heavy (non-hydrogen) atoms. The molecule has 0 aromatic heterocycles. The molecule has 1 spiro atoms. The smallest absolute Gasteiger partial charge is 0.407 e. The van der Waals surface area contributed by atoms with Crippen LogP contribution in [0, 0.1) is 0 Å². The summed E-state index contributed by atoms with van der Waals surface area (Å²) in [5.41, 5.74) is 10.5. The number of carbonyl (C=O) groups excluding carboxylic acids is 2. The van der Waals surface area contributed by atoms with E-state index in [1.807, 2.05) is 0 Å². The maximum Gasteiger partial charge on any atom is 0.407 e. The number of alkyl carbamates (subject to hydrolysis) is 1. The molecule has 14 heteroatoms. The number of quaternary nitrogens is 1. The Morgan fingerprint density at radius 3 is 2.30 bits per heavy atom. The standard InChI is InChI=1S/C30H57N9O5/c1-4-5-6-13-20-39(2,3)21-14-9-10-15-24(40)33-17-11-7-8-12-18-34-28(41)44-22-23-25-30(37-26(31)36-25)29(42,43)16-19-38(30)27(32)35-23/h23,25,42-43H,4-22H2,1-3H3,(H6-,31,32,33,34,35,36,37,40,41)/p+1/t23-,25-,30-/m0/s1. The number of unbranched alkanes of at least 4 members (excludes halogenated alkanes) is 8. The summed E-state index contributed by atoms with van der Waals surface area (Å²) >= 11 is 0. The number of nitrogens with one attached hydrogen (secondary N) is 3. The SMILES string of the molecule is CCCCCC[N+](C)(C)CCCCCC(=O)NCCCCCCNC(=O)OC[C@@H]1N=C(N)N2CCC(O)(O)[C@@]23NC(N)=N[C@@H]13. The third-order valence-electron chi connectivity index (χ3n) is 9.05. The fourth-order valence-corrected chi connectivity index (χ4v) is 6.46. The summed E-state index contributed by atoms with van der Waals surface area (Å²) in [4.78, 5) is 34.7. The van der Waals surface area contributed by atoms with E-state index in [4.69, 9.17) is 16.2 Å². The summed E-state index contributed by atoms with van der Waals surface area (Å²) < 4.78 is 6.43. The molecule has 0 saturated carbocycles. The van der Waals surface area contributed by atoms with Crippen LogP contribution in [0.15, 0.2) is 9.98 Å². The maximum atomic E-state index is 12.3. The highest BCUT2D eigenvalue weighted by Gasteiger charge is 2.69. The summed E-state index contributed by atoms with van der Waals surface area (Å²) in [6.07, 6.45) is 12.0. The number of aliphatic imine (C=N–C) groups is 2. The Bertz CT molecular complexity index is 1010. The Morgan fingerprint density at radius 2 is 1.61 bits per heavy atom. The van der Waals surface area contributed by atoms with Gasteiger partial charge in [-0.3, -0.25) is 4.79 Å². The van der Waals surface area contributed by atoms with E-state index in [1.165, 1.54) is 38.8 Å². The van der Waals surface area contributed by atoms with Crippen LogP contribution in [0.2, 0.25) is 0 Å². The molecule has 252 valence electrons. The molecule has 3 rings (SSSR count). The predicted molar refractivity (Wildman–Crippen MR) is 170 cm³/mol. The van der Waals surface area contributed by atoms with E-state index < -0.39 is 29.6 Å². The van der Waals surface area contributed by atoms with Crippen molar-refractivity contribution in [2.45, 2.75) is 114 Å². The second-order valence-corrected chi connectivity index (χ2v) is 13.2. The van der Waals surface area contributed by atoms with E-state index in [1.54, 1.807) is 4.90 Å². The van der Waals surface area contributed by atoms with E-state index in [0.717, 1.165) is 49.4 Å². The first-order valence-electron chi connectivity index (χ1n) is 16.6. The first kappa shape index (κ1) is 35.6. The van der Waals surface area contributed by atoms with Crippen LogP contribution in [0.1, 0.15) is 90.4 Å². The van der Waals surface area contributed by atoms with E-state index in [9.17, 15) is 19.8 Å². The molecular weight excluding hydrogens is 566 g/mol. The van der Waals surface area contributed by atoms with E-state index in [-0.39, 0.29) is 37.4 Å². The average molecular weight is 625 g/mol. The van der Waals surface area contributed by atoms with Crippen molar-refractivity contribution in [3.63, 3.8) is 0 Å². The number of amides is 2. The number of hydrogen-bond acceptors (Lipinski definition) is 11. The number of nitrogens with two attached hydrogens (primary N) is 2. The summed E-state index contributed by atoms with van der Waals surface area (Å²) in [5.74, 6) is -1.86. The van der Waals surface area contributed by atoms with Gasteiger partial charge >= 0.3 is 6.09 Å². The molecule has 2 amide bonds. The Balaban J connectivity index is 1.19. The van der Waals surface area contributed by atoms with Crippen molar-refractivity contribution in [2.24, 2.45) is 21.5 Å². The normalized spacial score (nSPS) is 23.7. The molecule has 3 aliphatic heterocycles. The first-order valence-corrected chi connectivity index (χ1v) is 16.6. The summed E-state index contributed by atoms with van der Waals surface area (Å²) in [6, 6.07) is -1.52. The lowest BCUT2D eigenvalue weighted by atomic mass is 9.87. The van der Waals surface area contributed by atoms with Gasteiger partial charge in [-0.15, -0.1) is 0 Å². The van der Waals surface area contributed by atoms with Gasteiger partial charge in [0.25, 0.3) is 0 Å². The lowest BCUT2D eigenvalue weighted by Crippen LogP contribution is -2.76. The molecule has 0 aromatic rings. The summed E-state index contributed by atoms with van der Waals surface area (Å²) in [7, 11) is 4.62. The zero-order valence-electron chi connectivity index (χ0n) is 27.2. The lowest BCUT2D eigenvalue weighted by Gasteiger charge is -2.48. The number of aliphatic hydroxyl groups is 2. The molecule has 1 fully saturated rings. The zero-order valence-corrected chi connectivity index (χ0v) is 27.2. The van der Waals surface area contributed by atoms with Crippen molar-refractivity contribution in [3.05, 3.63) is 0 Å². The number of hydrogen-bond donors (Lipinski definition) is 7. The lowest BCUT2D eigenvalue weighted by molar-refractivity contribution is -0.890. The maximum absolute atomic E-state index is 12.3. The molecule has 0 aliphatic carbocycles. The van der Waals surface area contributed by atoms with Crippen molar-refractivity contribution in [2.75, 3.05) is 53.4 Å². The Hall–Kier alpha value is -2.84. The van der Waals surface area contributed by atoms with Gasteiger partial charge < -0.3 is 51.8 Å². The molecule has 1 saturated heterocycles. The number of nitrogens with zero attached hydrogens (tertiary/aromatic N) is 4. The van der Waals surface area contributed by atoms with Gasteiger partial charge in [-0.05, 0) is 44.9 Å². The minimum atomic E-state index is -2.14. The van der Waals surface area contributed by atoms with Gasteiger partial charge in [0.1, 0.15) is 18.7 Å². The highest BCUT2D eigenvalue weighted by molar-refractivity contribution is 5.87. The van der Waals surface area contributed by atoms with Crippen LogP contribution in [0.25, 0.3) is 0 Å².